The number of aromatic nitrogens is 2. The Morgan fingerprint density at radius 2 is 2.23 bits per heavy atom. The quantitative estimate of drug-likeness (QED) is 0.525. The average Bonchev–Trinajstić information content (AvgIpc) is 3.04. The summed E-state index contributed by atoms with van der Waals surface area (Å²) in [5.41, 5.74) is 1.58. The molecule has 1 aromatic carbocycles. The molecule has 1 unspecified atom stereocenters. The number of carboxylic acid groups (broad SMARTS) is 1. The van der Waals surface area contributed by atoms with Gasteiger partial charge in [0.15, 0.2) is 5.70 Å². The van der Waals surface area contributed by atoms with E-state index in [9.17, 15) is 14.7 Å². The second-order valence-corrected chi connectivity index (χ2v) is 4.67. The average molecular weight is 300 g/mol. The molecule has 0 aliphatic carbocycles. The molecular formula is C15H12N2O5. The summed E-state index contributed by atoms with van der Waals surface area (Å²) >= 11 is 0. The first kappa shape index (κ1) is 13.9. The molecule has 22 heavy (non-hydrogen) atoms. The summed E-state index contributed by atoms with van der Waals surface area (Å²) in [5, 5.41) is 9.36. The van der Waals surface area contributed by atoms with Crippen molar-refractivity contribution in [3.8, 4) is 0 Å². The summed E-state index contributed by atoms with van der Waals surface area (Å²) in [5.74, 6) is -1.67. The van der Waals surface area contributed by atoms with Gasteiger partial charge in [-0.05, 0) is 19.1 Å². The third-order valence-electron chi connectivity index (χ3n) is 3.18. The number of aliphatic carboxylic acids is 1. The van der Waals surface area contributed by atoms with Crippen molar-refractivity contribution in [1.29, 1.82) is 0 Å². The van der Waals surface area contributed by atoms with Gasteiger partial charge in [0.05, 0.1) is 11.0 Å². The lowest BCUT2D eigenvalue weighted by Gasteiger charge is -2.10. The van der Waals surface area contributed by atoms with Gasteiger partial charge in [-0.3, -0.25) is 4.57 Å². The van der Waals surface area contributed by atoms with Gasteiger partial charge in [-0.2, -0.15) is 0 Å². The van der Waals surface area contributed by atoms with Gasteiger partial charge < -0.3 is 14.6 Å². The van der Waals surface area contributed by atoms with Crippen molar-refractivity contribution < 1.29 is 24.2 Å². The molecular weight excluding hydrogens is 288 g/mol. The summed E-state index contributed by atoms with van der Waals surface area (Å²) in [4.78, 5) is 26.8. The number of benzene rings is 1. The predicted octanol–water partition coefficient (Wildman–Crippen LogP) is 1.77. The van der Waals surface area contributed by atoms with Crippen LogP contribution in [-0.2, 0) is 19.1 Å². The molecule has 7 heteroatoms. The number of carboxylic acids is 1. The first-order valence-electron chi connectivity index (χ1n) is 6.47. The fourth-order valence-electron chi connectivity index (χ4n) is 2.06. The maximum absolute atomic E-state index is 11.5. The van der Waals surface area contributed by atoms with Crippen LogP contribution in [0.3, 0.4) is 0 Å². The second kappa shape index (κ2) is 5.36. The first-order valence-corrected chi connectivity index (χ1v) is 6.47. The molecule has 0 saturated carbocycles. The van der Waals surface area contributed by atoms with E-state index in [1.54, 1.807) is 25.1 Å². The van der Waals surface area contributed by atoms with E-state index in [0.717, 1.165) is 6.26 Å². The van der Waals surface area contributed by atoms with Gasteiger partial charge in [0, 0.05) is 11.6 Å². The number of imidazole rings is 1. The molecule has 2 heterocycles. The minimum absolute atomic E-state index is 0.136. The lowest BCUT2D eigenvalue weighted by atomic mass is 10.3. The lowest BCUT2D eigenvalue weighted by Crippen LogP contribution is -2.12. The van der Waals surface area contributed by atoms with Crippen LogP contribution >= 0.6 is 0 Å². The van der Waals surface area contributed by atoms with Crippen LogP contribution in [0, 0.1) is 0 Å². The molecule has 0 bridgehead atoms. The Balaban J connectivity index is 1.92. The molecule has 3 rings (SSSR count). The Bertz CT molecular complexity index is 818. The number of hydrogen-bond acceptors (Lipinski definition) is 5. The van der Waals surface area contributed by atoms with Gasteiger partial charge in [-0.1, -0.05) is 12.1 Å². The van der Waals surface area contributed by atoms with E-state index in [1.807, 2.05) is 6.07 Å². The van der Waals surface area contributed by atoms with Crippen LogP contribution in [0.2, 0.25) is 0 Å². The van der Waals surface area contributed by atoms with Gasteiger partial charge in [-0.25, -0.2) is 14.6 Å². The highest BCUT2D eigenvalue weighted by Gasteiger charge is 2.23. The number of para-hydroxylation sites is 2. The smallest absolute Gasteiger partial charge is 0.356 e. The van der Waals surface area contributed by atoms with Crippen molar-refractivity contribution in [1.82, 2.24) is 9.55 Å². The van der Waals surface area contributed by atoms with E-state index in [-0.39, 0.29) is 5.70 Å². The van der Waals surface area contributed by atoms with Crippen LogP contribution in [-0.4, -0.2) is 32.9 Å². The van der Waals surface area contributed by atoms with E-state index >= 15 is 0 Å². The minimum Gasteiger partial charge on any atom is -0.476 e. The lowest BCUT2D eigenvalue weighted by molar-refractivity contribution is -0.152. The largest absolute Gasteiger partial charge is 0.476 e. The van der Waals surface area contributed by atoms with Crippen molar-refractivity contribution in [2.75, 3.05) is 0 Å². The molecule has 112 valence electrons. The van der Waals surface area contributed by atoms with Crippen LogP contribution in [0.25, 0.3) is 16.7 Å². The van der Waals surface area contributed by atoms with Gasteiger partial charge in [-0.15, -0.1) is 0 Å². The van der Waals surface area contributed by atoms with Gasteiger partial charge in [0.25, 0.3) is 6.29 Å². The highest BCUT2D eigenvalue weighted by Crippen LogP contribution is 2.19. The SMILES string of the molecule is CC1=CC(O/C=C(/C(=O)O)n2cnc3ccccc32)OC1=O. The molecule has 1 N–H and O–H groups in total. The molecule has 2 aromatic rings. The van der Waals surface area contributed by atoms with Crippen LogP contribution in [0.5, 0.6) is 0 Å². The summed E-state index contributed by atoms with van der Waals surface area (Å²) in [6.45, 7) is 1.59. The molecule has 0 fully saturated rings. The van der Waals surface area contributed by atoms with E-state index in [4.69, 9.17) is 9.47 Å². The highest BCUT2D eigenvalue weighted by atomic mass is 16.7. The Morgan fingerprint density at radius 3 is 2.91 bits per heavy atom. The monoisotopic (exact) mass is 300 g/mol. The second-order valence-electron chi connectivity index (χ2n) is 4.67. The molecule has 1 aliphatic heterocycles. The summed E-state index contributed by atoms with van der Waals surface area (Å²) in [6, 6.07) is 7.12. The Morgan fingerprint density at radius 1 is 1.45 bits per heavy atom. The van der Waals surface area contributed by atoms with Crippen LogP contribution in [0.1, 0.15) is 6.92 Å². The van der Waals surface area contributed by atoms with E-state index in [1.165, 1.54) is 17.0 Å². The highest BCUT2D eigenvalue weighted by molar-refractivity contribution is 6.10. The molecule has 1 aromatic heterocycles. The van der Waals surface area contributed by atoms with Crippen molar-refractivity contribution >= 4 is 28.7 Å². The van der Waals surface area contributed by atoms with E-state index in [2.05, 4.69) is 4.98 Å². The molecule has 0 amide bonds. The fourth-order valence-corrected chi connectivity index (χ4v) is 2.06. The number of rotatable bonds is 4. The zero-order valence-electron chi connectivity index (χ0n) is 11.6. The number of carbonyl (C=O) groups is 2. The minimum atomic E-state index is -1.19. The van der Waals surface area contributed by atoms with Gasteiger partial charge >= 0.3 is 11.9 Å². The molecule has 1 aliphatic rings. The molecule has 0 saturated heterocycles. The molecule has 0 radical (unpaired) electrons. The zero-order chi connectivity index (χ0) is 15.7. The topological polar surface area (TPSA) is 90.7 Å². The molecule has 0 spiro atoms. The van der Waals surface area contributed by atoms with E-state index < -0.39 is 18.2 Å². The van der Waals surface area contributed by atoms with Crippen molar-refractivity contribution in [3.63, 3.8) is 0 Å². The summed E-state index contributed by atoms with van der Waals surface area (Å²) in [6.07, 6.45) is 3.00. The number of ether oxygens (including phenoxy) is 2. The summed E-state index contributed by atoms with van der Waals surface area (Å²) in [7, 11) is 0. The molecule has 7 nitrogen and oxygen atoms in total. The van der Waals surface area contributed by atoms with Crippen LogP contribution < -0.4 is 0 Å². The maximum Gasteiger partial charge on any atom is 0.356 e. The first-order chi connectivity index (χ1) is 10.6. The van der Waals surface area contributed by atoms with E-state index in [0.29, 0.717) is 16.6 Å². The number of fused-ring (bicyclic) bond motifs is 1. The third-order valence-corrected chi connectivity index (χ3v) is 3.18. The number of cyclic esters (lactones) is 1. The number of nitrogens with zero attached hydrogens (tertiary/aromatic N) is 2. The Hall–Kier alpha value is -3.09. The summed E-state index contributed by atoms with van der Waals surface area (Å²) < 4.78 is 11.5. The normalized spacial score (nSPS) is 18.2. The predicted molar refractivity (Wildman–Crippen MR) is 76.4 cm³/mol. The standard InChI is InChI=1S/C15H12N2O5/c1-9-6-13(22-15(9)20)21-7-12(14(18)19)17-8-16-10-4-2-3-5-11(10)17/h2-8,13H,1H3,(H,18,19)/b12-7-. The Kier molecular flexibility index (Phi) is 3.38. The maximum atomic E-state index is 11.5. The Labute approximate surface area is 125 Å². The van der Waals surface area contributed by atoms with Crippen LogP contribution in [0.4, 0.5) is 0 Å². The molecule has 1 atom stereocenters. The van der Waals surface area contributed by atoms with Gasteiger partial charge in [0.2, 0.25) is 0 Å². The van der Waals surface area contributed by atoms with Gasteiger partial charge in [0.1, 0.15) is 12.6 Å². The third kappa shape index (κ3) is 2.44. The number of carbonyl (C=O) groups excluding carboxylic acids is 1. The number of hydrogen-bond donors (Lipinski definition) is 1. The van der Waals surface area contributed by atoms with Crippen LogP contribution in [0.15, 0.2) is 48.5 Å². The number of esters is 1. The fraction of sp³-hybridized carbons (Fsp3) is 0.133. The zero-order valence-corrected chi connectivity index (χ0v) is 11.6. The van der Waals surface area contributed by atoms with Crippen molar-refractivity contribution in [2.45, 2.75) is 13.2 Å². The van der Waals surface area contributed by atoms with Crippen molar-refractivity contribution in [3.05, 3.63) is 48.5 Å². The van der Waals surface area contributed by atoms with Crippen molar-refractivity contribution in [2.24, 2.45) is 0 Å².